The third-order valence-corrected chi connectivity index (χ3v) is 5.93. The molecule has 1 aliphatic heterocycles. The van der Waals surface area contributed by atoms with Crippen LogP contribution in [0.3, 0.4) is 0 Å². The maximum Gasteiger partial charge on any atom is 0.251 e. The molecular weight excluding hydrogens is 344 g/mol. The Morgan fingerprint density at radius 2 is 1.82 bits per heavy atom. The standard InChI is InChI=1S/C25H34N2O/c1-3-5-8-20(4-2)17-26-25(28)23-13-11-21(12-14-23)18-27-16-15-22-9-6-7-10-24(22)19-27/h6-7,9-14,20H,3-5,8,15-19H2,1-2H3,(H,26,28)/t20-/m1/s1. The van der Waals surface area contributed by atoms with E-state index in [4.69, 9.17) is 0 Å². The van der Waals surface area contributed by atoms with E-state index in [1.54, 1.807) is 0 Å². The number of hydrogen-bond donors (Lipinski definition) is 1. The highest BCUT2D eigenvalue weighted by Gasteiger charge is 2.16. The maximum absolute atomic E-state index is 12.5. The number of hydrogen-bond acceptors (Lipinski definition) is 2. The second kappa shape index (κ2) is 10.4. The van der Waals surface area contributed by atoms with Gasteiger partial charge in [-0.15, -0.1) is 0 Å². The molecule has 0 radical (unpaired) electrons. The van der Waals surface area contributed by atoms with Gasteiger partial charge >= 0.3 is 0 Å². The van der Waals surface area contributed by atoms with Gasteiger partial charge in [-0.1, -0.05) is 69.5 Å². The van der Waals surface area contributed by atoms with Crippen LogP contribution >= 0.6 is 0 Å². The lowest BCUT2D eigenvalue weighted by molar-refractivity contribution is 0.0946. The van der Waals surface area contributed by atoms with E-state index in [0.717, 1.165) is 44.6 Å². The van der Waals surface area contributed by atoms with Gasteiger partial charge in [-0.2, -0.15) is 0 Å². The van der Waals surface area contributed by atoms with Crippen molar-refractivity contribution in [3.05, 3.63) is 70.8 Å². The lowest BCUT2D eigenvalue weighted by atomic mass is 9.99. The lowest BCUT2D eigenvalue weighted by Gasteiger charge is -2.28. The van der Waals surface area contributed by atoms with Crippen molar-refractivity contribution in [2.45, 2.75) is 59.0 Å². The number of fused-ring (bicyclic) bond motifs is 1. The molecule has 0 bridgehead atoms. The smallest absolute Gasteiger partial charge is 0.251 e. The largest absolute Gasteiger partial charge is 0.352 e. The molecule has 0 unspecified atom stereocenters. The van der Waals surface area contributed by atoms with E-state index >= 15 is 0 Å². The molecule has 1 aliphatic rings. The zero-order valence-electron chi connectivity index (χ0n) is 17.4. The maximum atomic E-state index is 12.5. The van der Waals surface area contributed by atoms with Gasteiger partial charge in [-0.3, -0.25) is 9.69 Å². The van der Waals surface area contributed by atoms with Gasteiger partial charge in [0.15, 0.2) is 0 Å². The predicted octanol–water partition coefficient (Wildman–Crippen LogP) is 5.19. The highest BCUT2D eigenvalue weighted by Crippen LogP contribution is 2.20. The summed E-state index contributed by atoms with van der Waals surface area (Å²) in [5.41, 5.74) is 4.96. The van der Waals surface area contributed by atoms with Crippen LogP contribution in [0.2, 0.25) is 0 Å². The first kappa shape index (κ1) is 20.6. The molecule has 0 saturated carbocycles. The zero-order valence-corrected chi connectivity index (χ0v) is 17.4. The highest BCUT2D eigenvalue weighted by atomic mass is 16.1. The third kappa shape index (κ3) is 5.68. The number of rotatable bonds is 9. The molecule has 0 spiro atoms. The second-order valence-electron chi connectivity index (χ2n) is 8.05. The van der Waals surface area contributed by atoms with E-state index in [1.807, 2.05) is 12.1 Å². The summed E-state index contributed by atoms with van der Waals surface area (Å²) >= 11 is 0. The molecule has 3 heteroatoms. The minimum atomic E-state index is 0.0494. The zero-order chi connectivity index (χ0) is 19.8. The van der Waals surface area contributed by atoms with E-state index in [-0.39, 0.29) is 5.91 Å². The average Bonchev–Trinajstić information content (AvgIpc) is 2.74. The lowest BCUT2D eigenvalue weighted by Crippen LogP contribution is -2.30. The quantitative estimate of drug-likeness (QED) is 0.651. The first-order valence-electron chi connectivity index (χ1n) is 10.9. The Bertz CT molecular complexity index is 753. The Balaban J connectivity index is 1.50. The van der Waals surface area contributed by atoms with E-state index in [2.05, 4.69) is 60.5 Å². The summed E-state index contributed by atoms with van der Waals surface area (Å²) in [5.74, 6) is 0.638. The van der Waals surface area contributed by atoms with Crippen LogP contribution in [0.5, 0.6) is 0 Å². The number of nitrogens with one attached hydrogen (secondary N) is 1. The van der Waals surface area contributed by atoms with Crippen molar-refractivity contribution in [3.8, 4) is 0 Å². The van der Waals surface area contributed by atoms with E-state index in [1.165, 1.54) is 36.0 Å². The van der Waals surface area contributed by atoms with Gasteiger partial charge in [0.2, 0.25) is 0 Å². The van der Waals surface area contributed by atoms with Crippen LogP contribution in [0.4, 0.5) is 0 Å². The average molecular weight is 379 g/mol. The van der Waals surface area contributed by atoms with Crippen molar-refractivity contribution in [1.29, 1.82) is 0 Å². The van der Waals surface area contributed by atoms with Gasteiger partial charge in [0.1, 0.15) is 0 Å². The molecule has 3 nitrogen and oxygen atoms in total. The Labute approximate surface area is 170 Å². The molecular formula is C25H34N2O. The Hall–Kier alpha value is -2.13. The summed E-state index contributed by atoms with van der Waals surface area (Å²) in [6.07, 6.45) is 5.90. The molecule has 1 amide bonds. The van der Waals surface area contributed by atoms with Crippen molar-refractivity contribution in [2.75, 3.05) is 13.1 Å². The predicted molar refractivity (Wildman–Crippen MR) is 116 cm³/mol. The van der Waals surface area contributed by atoms with Crippen LogP contribution < -0.4 is 5.32 Å². The molecule has 0 fully saturated rings. The van der Waals surface area contributed by atoms with Gasteiger partial charge in [0.25, 0.3) is 5.91 Å². The Morgan fingerprint density at radius 3 is 2.54 bits per heavy atom. The molecule has 0 saturated heterocycles. The second-order valence-corrected chi connectivity index (χ2v) is 8.05. The van der Waals surface area contributed by atoms with Crippen LogP contribution in [0.1, 0.15) is 66.6 Å². The fourth-order valence-electron chi connectivity index (χ4n) is 3.99. The molecule has 1 atom stereocenters. The molecule has 2 aromatic rings. The van der Waals surface area contributed by atoms with E-state index < -0.39 is 0 Å². The van der Waals surface area contributed by atoms with Gasteiger partial charge in [0, 0.05) is 31.7 Å². The summed E-state index contributed by atoms with van der Waals surface area (Å²) in [5, 5.41) is 3.12. The topological polar surface area (TPSA) is 32.3 Å². The minimum absolute atomic E-state index is 0.0494. The number of carbonyl (C=O) groups excluding carboxylic acids is 1. The fourth-order valence-corrected chi connectivity index (χ4v) is 3.99. The van der Waals surface area contributed by atoms with Gasteiger partial charge < -0.3 is 5.32 Å². The third-order valence-electron chi connectivity index (χ3n) is 5.93. The van der Waals surface area contributed by atoms with Crippen molar-refractivity contribution in [3.63, 3.8) is 0 Å². The normalized spacial score (nSPS) is 15.1. The molecule has 28 heavy (non-hydrogen) atoms. The number of benzene rings is 2. The molecule has 1 heterocycles. The number of nitrogens with zero attached hydrogens (tertiary/aromatic N) is 1. The van der Waals surface area contributed by atoms with Crippen molar-refractivity contribution in [2.24, 2.45) is 5.92 Å². The molecule has 0 aliphatic carbocycles. The van der Waals surface area contributed by atoms with Gasteiger partial charge in [-0.05, 0) is 47.6 Å². The SMILES string of the molecule is CCCC[C@@H](CC)CNC(=O)c1ccc(CN2CCc3ccccc3C2)cc1. The van der Waals surface area contributed by atoms with E-state index in [0.29, 0.717) is 5.92 Å². The van der Waals surface area contributed by atoms with Crippen LogP contribution in [0, 0.1) is 5.92 Å². The Kier molecular flexibility index (Phi) is 7.67. The molecule has 2 aromatic carbocycles. The number of amides is 1. The molecule has 3 rings (SSSR count). The monoisotopic (exact) mass is 378 g/mol. The van der Waals surface area contributed by atoms with Crippen LogP contribution in [0.15, 0.2) is 48.5 Å². The van der Waals surface area contributed by atoms with Gasteiger partial charge in [-0.25, -0.2) is 0 Å². The van der Waals surface area contributed by atoms with E-state index in [9.17, 15) is 4.79 Å². The van der Waals surface area contributed by atoms with Crippen molar-refractivity contribution < 1.29 is 4.79 Å². The summed E-state index contributed by atoms with van der Waals surface area (Å²) in [4.78, 5) is 14.9. The molecule has 0 aromatic heterocycles. The minimum Gasteiger partial charge on any atom is -0.352 e. The van der Waals surface area contributed by atoms with Crippen LogP contribution in [-0.2, 0) is 19.5 Å². The first-order chi connectivity index (χ1) is 13.7. The van der Waals surface area contributed by atoms with Crippen molar-refractivity contribution in [1.82, 2.24) is 10.2 Å². The highest BCUT2D eigenvalue weighted by molar-refractivity contribution is 5.94. The summed E-state index contributed by atoms with van der Waals surface area (Å²) < 4.78 is 0. The molecule has 150 valence electrons. The summed E-state index contributed by atoms with van der Waals surface area (Å²) in [6, 6.07) is 16.9. The number of unbranched alkanes of at least 4 members (excludes halogenated alkanes) is 1. The van der Waals surface area contributed by atoms with Crippen LogP contribution in [0.25, 0.3) is 0 Å². The fraction of sp³-hybridized carbons (Fsp3) is 0.480. The number of carbonyl (C=O) groups is 1. The van der Waals surface area contributed by atoms with Crippen LogP contribution in [-0.4, -0.2) is 23.9 Å². The summed E-state index contributed by atoms with van der Waals surface area (Å²) in [7, 11) is 0. The van der Waals surface area contributed by atoms with Gasteiger partial charge in [0.05, 0.1) is 0 Å². The summed E-state index contributed by atoms with van der Waals surface area (Å²) in [6.45, 7) is 8.25. The van der Waals surface area contributed by atoms with Crippen molar-refractivity contribution >= 4 is 5.91 Å². The molecule has 1 N–H and O–H groups in total. The first-order valence-corrected chi connectivity index (χ1v) is 10.9. The Morgan fingerprint density at radius 1 is 1.07 bits per heavy atom.